The van der Waals surface area contributed by atoms with Gasteiger partial charge in [0, 0.05) is 10.9 Å². The van der Waals surface area contributed by atoms with Crippen LogP contribution in [0.2, 0.25) is 0 Å². The van der Waals surface area contributed by atoms with Crippen LogP contribution in [-0.4, -0.2) is 15.0 Å². The Labute approximate surface area is 84.7 Å². The van der Waals surface area contributed by atoms with Crippen LogP contribution in [0.4, 0.5) is 0 Å². The normalized spacial score (nSPS) is 10.4. The van der Waals surface area contributed by atoms with E-state index >= 15 is 0 Å². The fraction of sp³-hybridized carbons (Fsp3) is 0.222. The molecule has 2 aromatic rings. The zero-order valence-corrected chi connectivity index (χ0v) is 8.68. The molecule has 0 fully saturated rings. The molecule has 0 aromatic carbocycles. The number of thiazole rings is 1. The SMILES string of the molecule is Cc1nc(-c2cscn2)c(C)c(=O)[nH]1. The van der Waals surface area contributed by atoms with E-state index in [4.69, 9.17) is 0 Å². The smallest absolute Gasteiger partial charge is 0.254 e. The number of aromatic nitrogens is 3. The van der Waals surface area contributed by atoms with Crippen LogP contribution >= 0.6 is 11.3 Å². The first-order valence-corrected chi connectivity index (χ1v) is 5.09. The van der Waals surface area contributed by atoms with Crippen molar-refractivity contribution in [3.63, 3.8) is 0 Å². The number of aryl methyl sites for hydroxylation is 1. The Morgan fingerprint density at radius 1 is 1.43 bits per heavy atom. The molecule has 72 valence electrons. The Hall–Kier alpha value is -1.49. The van der Waals surface area contributed by atoms with Gasteiger partial charge in [-0.3, -0.25) is 4.79 Å². The first-order valence-electron chi connectivity index (χ1n) is 4.14. The van der Waals surface area contributed by atoms with Gasteiger partial charge in [-0.2, -0.15) is 0 Å². The molecule has 0 aliphatic carbocycles. The zero-order chi connectivity index (χ0) is 10.1. The molecule has 0 saturated carbocycles. The Bertz CT molecular complexity index is 501. The van der Waals surface area contributed by atoms with Gasteiger partial charge in [0.15, 0.2) is 0 Å². The van der Waals surface area contributed by atoms with Crippen molar-refractivity contribution in [2.24, 2.45) is 0 Å². The molecule has 0 spiro atoms. The zero-order valence-electron chi connectivity index (χ0n) is 7.87. The summed E-state index contributed by atoms with van der Waals surface area (Å²) in [6.07, 6.45) is 0. The predicted molar refractivity (Wildman–Crippen MR) is 55.4 cm³/mol. The molecule has 14 heavy (non-hydrogen) atoms. The molecule has 4 nitrogen and oxygen atoms in total. The van der Waals surface area contributed by atoms with Crippen molar-refractivity contribution in [1.82, 2.24) is 15.0 Å². The Balaban J connectivity index is 2.70. The minimum atomic E-state index is -0.0968. The minimum Gasteiger partial charge on any atom is -0.311 e. The Morgan fingerprint density at radius 3 is 2.86 bits per heavy atom. The number of hydrogen-bond acceptors (Lipinski definition) is 4. The maximum absolute atomic E-state index is 11.4. The van der Waals surface area contributed by atoms with E-state index in [0.717, 1.165) is 5.69 Å². The van der Waals surface area contributed by atoms with Gasteiger partial charge in [0.25, 0.3) is 5.56 Å². The average molecular weight is 207 g/mol. The van der Waals surface area contributed by atoms with Gasteiger partial charge in [0.2, 0.25) is 0 Å². The first-order chi connectivity index (χ1) is 6.68. The third-order valence-electron chi connectivity index (χ3n) is 1.94. The molecule has 0 amide bonds. The topological polar surface area (TPSA) is 58.6 Å². The molecule has 0 radical (unpaired) electrons. The third-order valence-corrected chi connectivity index (χ3v) is 2.53. The monoisotopic (exact) mass is 207 g/mol. The van der Waals surface area contributed by atoms with E-state index in [1.54, 1.807) is 19.4 Å². The summed E-state index contributed by atoms with van der Waals surface area (Å²) in [5, 5.41) is 1.88. The number of rotatable bonds is 1. The van der Waals surface area contributed by atoms with E-state index < -0.39 is 0 Å². The predicted octanol–water partition coefficient (Wildman–Crippen LogP) is 1.51. The molecule has 0 aliphatic rings. The summed E-state index contributed by atoms with van der Waals surface area (Å²) >= 11 is 1.49. The molecule has 2 rings (SSSR count). The summed E-state index contributed by atoms with van der Waals surface area (Å²) in [7, 11) is 0. The average Bonchev–Trinajstić information content (AvgIpc) is 2.63. The van der Waals surface area contributed by atoms with Crippen LogP contribution in [-0.2, 0) is 0 Å². The molecule has 0 saturated heterocycles. The van der Waals surface area contributed by atoms with Crippen molar-refractivity contribution in [2.75, 3.05) is 0 Å². The quantitative estimate of drug-likeness (QED) is 0.771. The molecule has 2 heterocycles. The molecular weight excluding hydrogens is 198 g/mol. The molecule has 2 aromatic heterocycles. The van der Waals surface area contributed by atoms with Gasteiger partial charge in [-0.15, -0.1) is 11.3 Å². The second-order valence-electron chi connectivity index (χ2n) is 3.00. The lowest BCUT2D eigenvalue weighted by Crippen LogP contribution is -2.14. The highest BCUT2D eigenvalue weighted by Gasteiger charge is 2.09. The number of H-pyrrole nitrogens is 1. The third kappa shape index (κ3) is 1.46. The van der Waals surface area contributed by atoms with Crippen molar-refractivity contribution in [3.8, 4) is 11.4 Å². The van der Waals surface area contributed by atoms with Crippen molar-refractivity contribution in [2.45, 2.75) is 13.8 Å². The fourth-order valence-corrected chi connectivity index (χ4v) is 1.76. The van der Waals surface area contributed by atoms with E-state index in [1.807, 2.05) is 5.38 Å². The molecule has 0 atom stereocenters. The van der Waals surface area contributed by atoms with Crippen LogP contribution in [0, 0.1) is 13.8 Å². The number of nitrogens with one attached hydrogen (secondary N) is 1. The second-order valence-corrected chi connectivity index (χ2v) is 3.72. The maximum Gasteiger partial charge on any atom is 0.254 e. The van der Waals surface area contributed by atoms with E-state index in [1.165, 1.54) is 11.3 Å². The number of aromatic amines is 1. The molecular formula is C9H9N3OS. The number of hydrogen-bond donors (Lipinski definition) is 1. The highest BCUT2D eigenvalue weighted by Crippen LogP contribution is 2.17. The lowest BCUT2D eigenvalue weighted by atomic mass is 10.2. The van der Waals surface area contributed by atoms with E-state index in [9.17, 15) is 4.79 Å². The highest BCUT2D eigenvalue weighted by molar-refractivity contribution is 7.07. The summed E-state index contributed by atoms with van der Waals surface area (Å²) in [5.41, 5.74) is 3.68. The van der Waals surface area contributed by atoms with Crippen molar-refractivity contribution < 1.29 is 0 Å². The second kappa shape index (κ2) is 3.34. The van der Waals surface area contributed by atoms with Crippen molar-refractivity contribution in [1.29, 1.82) is 0 Å². The highest BCUT2D eigenvalue weighted by atomic mass is 32.1. The molecule has 0 aliphatic heterocycles. The number of nitrogens with zero attached hydrogens (tertiary/aromatic N) is 2. The minimum absolute atomic E-state index is 0.0968. The molecule has 0 unspecified atom stereocenters. The van der Waals surface area contributed by atoms with Crippen LogP contribution in [0.3, 0.4) is 0 Å². The fourth-order valence-electron chi connectivity index (χ4n) is 1.22. The van der Waals surface area contributed by atoms with Crippen LogP contribution in [0.15, 0.2) is 15.7 Å². The van der Waals surface area contributed by atoms with Gasteiger partial charge < -0.3 is 4.98 Å². The van der Waals surface area contributed by atoms with Gasteiger partial charge >= 0.3 is 0 Å². The van der Waals surface area contributed by atoms with Crippen LogP contribution in [0.1, 0.15) is 11.4 Å². The summed E-state index contributed by atoms with van der Waals surface area (Å²) < 4.78 is 0. The lowest BCUT2D eigenvalue weighted by molar-refractivity contribution is 0.995. The van der Waals surface area contributed by atoms with Crippen LogP contribution in [0.5, 0.6) is 0 Å². The van der Waals surface area contributed by atoms with Gasteiger partial charge in [-0.1, -0.05) is 0 Å². The van der Waals surface area contributed by atoms with Crippen LogP contribution < -0.4 is 5.56 Å². The maximum atomic E-state index is 11.4. The van der Waals surface area contributed by atoms with Crippen molar-refractivity contribution >= 4 is 11.3 Å². The van der Waals surface area contributed by atoms with Crippen LogP contribution in [0.25, 0.3) is 11.4 Å². The van der Waals surface area contributed by atoms with E-state index in [0.29, 0.717) is 17.1 Å². The van der Waals surface area contributed by atoms with E-state index in [2.05, 4.69) is 15.0 Å². The van der Waals surface area contributed by atoms with Crippen molar-refractivity contribution in [3.05, 3.63) is 32.6 Å². The Kier molecular flexibility index (Phi) is 2.17. The van der Waals surface area contributed by atoms with Gasteiger partial charge in [0.05, 0.1) is 11.2 Å². The summed E-state index contributed by atoms with van der Waals surface area (Å²) in [6, 6.07) is 0. The van der Waals surface area contributed by atoms with E-state index in [-0.39, 0.29) is 5.56 Å². The molecule has 1 N–H and O–H groups in total. The molecule has 0 bridgehead atoms. The largest absolute Gasteiger partial charge is 0.311 e. The summed E-state index contributed by atoms with van der Waals surface area (Å²) in [4.78, 5) is 22.5. The summed E-state index contributed by atoms with van der Waals surface area (Å²) in [6.45, 7) is 3.51. The van der Waals surface area contributed by atoms with Gasteiger partial charge in [-0.05, 0) is 13.8 Å². The standard InChI is InChI=1S/C9H9N3OS/c1-5-8(7-3-14-4-10-7)11-6(2)12-9(5)13/h3-4H,1-2H3,(H,11,12,13). The van der Waals surface area contributed by atoms with Gasteiger partial charge in [0.1, 0.15) is 11.5 Å². The Morgan fingerprint density at radius 2 is 2.21 bits per heavy atom. The summed E-state index contributed by atoms with van der Waals surface area (Å²) in [5.74, 6) is 0.614. The lowest BCUT2D eigenvalue weighted by Gasteiger charge is -2.01. The van der Waals surface area contributed by atoms with Gasteiger partial charge in [-0.25, -0.2) is 9.97 Å². The molecule has 5 heteroatoms. The first kappa shape index (κ1) is 9.08.